The van der Waals surface area contributed by atoms with E-state index in [0.717, 1.165) is 29.9 Å². The van der Waals surface area contributed by atoms with Gasteiger partial charge in [0.05, 0.1) is 6.54 Å². The first-order chi connectivity index (χ1) is 11.2. The molecule has 5 nitrogen and oxygen atoms in total. The average Bonchev–Trinajstić information content (AvgIpc) is 3.00. The van der Waals surface area contributed by atoms with Crippen molar-refractivity contribution in [3.05, 3.63) is 60.2 Å². The molecule has 0 aliphatic carbocycles. The number of aliphatic imine (C=N–C) groups is 1. The van der Waals surface area contributed by atoms with Crippen molar-refractivity contribution >= 4 is 47.2 Å². The van der Waals surface area contributed by atoms with Crippen LogP contribution in [-0.4, -0.2) is 18.4 Å². The van der Waals surface area contributed by atoms with Gasteiger partial charge >= 0.3 is 0 Å². The molecule has 0 atom stereocenters. The smallest absolute Gasteiger partial charge is 0.227 e. The Morgan fingerprint density at radius 1 is 1.12 bits per heavy atom. The summed E-state index contributed by atoms with van der Waals surface area (Å²) in [4.78, 5) is 17.9. The number of guanidine groups is 1. The number of nitrogens with two attached hydrogens (primary N) is 1. The van der Waals surface area contributed by atoms with E-state index in [2.05, 4.69) is 10.3 Å². The lowest BCUT2D eigenvalue weighted by Gasteiger charge is -2.15. The number of anilines is 2. The van der Waals surface area contributed by atoms with Gasteiger partial charge in [0.15, 0.2) is 5.96 Å². The Morgan fingerprint density at radius 2 is 1.83 bits per heavy atom. The Morgan fingerprint density at radius 3 is 2.46 bits per heavy atom. The van der Waals surface area contributed by atoms with Crippen LogP contribution in [0, 0.1) is 0 Å². The van der Waals surface area contributed by atoms with E-state index < -0.39 is 0 Å². The maximum atomic E-state index is 11.7. The normalized spacial score (nSPS) is 14.4. The number of benzene rings is 2. The third kappa shape index (κ3) is 4.70. The highest BCUT2D eigenvalue weighted by atomic mass is 127. The second-order valence-corrected chi connectivity index (χ2v) is 5.51. The lowest BCUT2D eigenvalue weighted by Crippen LogP contribution is -2.23. The molecule has 1 saturated heterocycles. The first-order valence-electron chi connectivity index (χ1n) is 7.74. The Labute approximate surface area is 159 Å². The van der Waals surface area contributed by atoms with E-state index in [9.17, 15) is 4.79 Å². The molecule has 0 saturated carbocycles. The van der Waals surface area contributed by atoms with Gasteiger partial charge in [-0.05, 0) is 36.2 Å². The number of carbonyl (C=O) groups is 1. The fraction of sp³-hybridized carbons (Fsp3) is 0.222. The van der Waals surface area contributed by atoms with E-state index in [4.69, 9.17) is 5.73 Å². The maximum absolute atomic E-state index is 11.7. The van der Waals surface area contributed by atoms with Gasteiger partial charge in [0, 0.05) is 24.3 Å². The molecule has 1 aliphatic rings. The third-order valence-corrected chi connectivity index (χ3v) is 3.80. The highest BCUT2D eigenvalue weighted by Crippen LogP contribution is 2.21. The van der Waals surface area contributed by atoms with Crippen molar-refractivity contribution in [2.75, 3.05) is 16.8 Å². The zero-order valence-electron chi connectivity index (χ0n) is 13.3. The molecular formula is C18H21IN4O. The second-order valence-electron chi connectivity index (χ2n) is 5.51. The molecular weight excluding hydrogens is 415 g/mol. The van der Waals surface area contributed by atoms with Crippen LogP contribution in [0.1, 0.15) is 18.4 Å². The number of hydrogen-bond donors (Lipinski definition) is 2. The zero-order chi connectivity index (χ0) is 16.1. The van der Waals surface area contributed by atoms with Crippen molar-refractivity contribution in [2.45, 2.75) is 19.4 Å². The van der Waals surface area contributed by atoms with Crippen LogP contribution in [0.25, 0.3) is 0 Å². The maximum Gasteiger partial charge on any atom is 0.227 e. The topological polar surface area (TPSA) is 70.7 Å². The molecule has 1 amide bonds. The number of halogens is 1. The van der Waals surface area contributed by atoms with Gasteiger partial charge in [-0.3, -0.25) is 4.79 Å². The van der Waals surface area contributed by atoms with Crippen LogP contribution in [0.4, 0.5) is 11.4 Å². The summed E-state index contributed by atoms with van der Waals surface area (Å²) in [7, 11) is 0. The number of carbonyl (C=O) groups excluding carboxylic acids is 1. The summed E-state index contributed by atoms with van der Waals surface area (Å²) in [5.74, 6) is 0.585. The minimum atomic E-state index is 0. The third-order valence-electron chi connectivity index (χ3n) is 3.80. The van der Waals surface area contributed by atoms with Crippen molar-refractivity contribution < 1.29 is 4.79 Å². The van der Waals surface area contributed by atoms with E-state index in [0.29, 0.717) is 18.9 Å². The summed E-state index contributed by atoms with van der Waals surface area (Å²) in [6.45, 7) is 1.31. The van der Waals surface area contributed by atoms with Crippen molar-refractivity contribution in [2.24, 2.45) is 10.7 Å². The molecule has 2 aromatic rings. The van der Waals surface area contributed by atoms with E-state index in [1.54, 1.807) is 0 Å². The molecule has 0 aromatic heterocycles. The summed E-state index contributed by atoms with van der Waals surface area (Å²) < 4.78 is 0. The predicted octanol–water partition coefficient (Wildman–Crippen LogP) is 3.36. The Bertz CT molecular complexity index is 701. The van der Waals surface area contributed by atoms with Crippen LogP contribution >= 0.6 is 24.0 Å². The molecule has 1 aliphatic heterocycles. The lowest BCUT2D eigenvalue weighted by atomic mass is 10.2. The van der Waals surface area contributed by atoms with Gasteiger partial charge in [0.25, 0.3) is 0 Å². The van der Waals surface area contributed by atoms with Gasteiger partial charge in [-0.1, -0.05) is 30.3 Å². The van der Waals surface area contributed by atoms with E-state index in [1.165, 1.54) is 0 Å². The monoisotopic (exact) mass is 436 g/mol. The van der Waals surface area contributed by atoms with Crippen molar-refractivity contribution in [3.8, 4) is 0 Å². The largest absolute Gasteiger partial charge is 0.370 e. The Hall–Kier alpha value is -2.09. The van der Waals surface area contributed by atoms with Crippen molar-refractivity contribution in [1.82, 2.24) is 0 Å². The van der Waals surface area contributed by atoms with E-state index >= 15 is 0 Å². The Balaban J connectivity index is 0.00000208. The summed E-state index contributed by atoms with van der Waals surface area (Å²) >= 11 is 0. The number of nitrogens with zero attached hydrogens (tertiary/aromatic N) is 2. The minimum Gasteiger partial charge on any atom is -0.370 e. The molecule has 126 valence electrons. The molecule has 0 unspecified atom stereocenters. The van der Waals surface area contributed by atoms with Crippen LogP contribution in [-0.2, 0) is 11.3 Å². The number of hydrogen-bond acceptors (Lipinski definition) is 2. The molecule has 3 rings (SSSR count). The molecule has 1 fully saturated rings. The highest BCUT2D eigenvalue weighted by molar-refractivity contribution is 14.0. The van der Waals surface area contributed by atoms with Gasteiger partial charge in [0.1, 0.15) is 0 Å². The number of rotatable bonds is 4. The minimum absolute atomic E-state index is 0. The van der Waals surface area contributed by atoms with Crippen LogP contribution in [0.5, 0.6) is 0 Å². The van der Waals surface area contributed by atoms with Gasteiger partial charge < -0.3 is 16.0 Å². The molecule has 0 radical (unpaired) electrons. The first kappa shape index (κ1) is 18.3. The lowest BCUT2D eigenvalue weighted by molar-refractivity contribution is -0.117. The number of amides is 1. The van der Waals surface area contributed by atoms with Crippen LogP contribution in [0.3, 0.4) is 0 Å². The van der Waals surface area contributed by atoms with Gasteiger partial charge in [-0.15, -0.1) is 24.0 Å². The molecule has 1 heterocycles. The molecule has 2 aromatic carbocycles. The van der Waals surface area contributed by atoms with Crippen LogP contribution in [0.2, 0.25) is 0 Å². The van der Waals surface area contributed by atoms with Crippen molar-refractivity contribution in [3.63, 3.8) is 0 Å². The summed E-state index contributed by atoms with van der Waals surface area (Å²) in [6, 6.07) is 17.6. The standard InChI is InChI=1S/C18H20N4O.HI/c19-18(21-15-5-2-1-3-6-15)20-13-14-8-10-16(11-9-14)22-12-4-7-17(22)23;/h1-3,5-6,8-11H,4,7,12-13H2,(H3,19,20,21);1H. The highest BCUT2D eigenvalue weighted by Gasteiger charge is 2.21. The van der Waals surface area contributed by atoms with Crippen molar-refractivity contribution in [1.29, 1.82) is 0 Å². The molecule has 6 heteroatoms. The summed E-state index contributed by atoms with van der Waals surface area (Å²) in [6.07, 6.45) is 1.58. The fourth-order valence-electron chi connectivity index (χ4n) is 2.59. The molecule has 24 heavy (non-hydrogen) atoms. The summed E-state index contributed by atoms with van der Waals surface area (Å²) in [5.41, 5.74) is 8.81. The van der Waals surface area contributed by atoms with Crippen LogP contribution in [0.15, 0.2) is 59.6 Å². The van der Waals surface area contributed by atoms with Gasteiger partial charge in [0.2, 0.25) is 5.91 Å². The Kier molecular flexibility index (Phi) is 6.60. The first-order valence-corrected chi connectivity index (χ1v) is 7.74. The number of nitrogens with one attached hydrogen (secondary N) is 1. The predicted molar refractivity (Wildman–Crippen MR) is 109 cm³/mol. The average molecular weight is 436 g/mol. The van der Waals surface area contributed by atoms with Gasteiger partial charge in [-0.25, -0.2) is 4.99 Å². The second kappa shape index (κ2) is 8.68. The molecule has 3 N–H and O–H groups in total. The van der Waals surface area contributed by atoms with Gasteiger partial charge in [-0.2, -0.15) is 0 Å². The molecule has 0 spiro atoms. The SMILES string of the molecule is I.NC(=NCc1ccc(N2CCCC2=O)cc1)Nc1ccccc1. The summed E-state index contributed by atoms with van der Waals surface area (Å²) in [5, 5.41) is 3.05. The zero-order valence-corrected chi connectivity index (χ0v) is 15.6. The van der Waals surface area contributed by atoms with Crippen LogP contribution < -0.4 is 16.0 Å². The quantitative estimate of drug-likeness (QED) is 0.439. The fourth-order valence-corrected chi connectivity index (χ4v) is 2.59. The van der Waals surface area contributed by atoms with E-state index in [1.807, 2.05) is 59.5 Å². The van der Waals surface area contributed by atoms with E-state index in [-0.39, 0.29) is 29.9 Å². The number of para-hydroxylation sites is 1. The molecule has 0 bridgehead atoms.